The molecule has 2 heterocycles. The highest BCUT2D eigenvalue weighted by atomic mass is 16.1. The predicted octanol–water partition coefficient (Wildman–Crippen LogP) is 3.94. The van der Waals surface area contributed by atoms with Gasteiger partial charge in [-0.25, -0.2) is 9.67 Å². The van der Waals surface area contributed by atoms with E-state index in [1.165, 1.54) is 0 Å². The molecule has 0 saturated heterocycles. The fourth-order valence-electron chi connectivity index (χ4n) is 2.94. The zero-order valence-corrected chi connectivity index (χ0v) is 14.8. The first kappa shape index (κ1) is 16.2. The molecule has 0 bridgehead atoms. The van der Waals surface area contributed by atoms with Crippen LogP contribution in [0.4, 0.5) is 5.69 Å². The molecule has 1 aromatic carbocycles. The van der Waals surface area contributed by atoms with Gasteiger partial charge in [-0.05, 0) is 57.9 Å². The molecular formula is C19H22N4O. The molecule has 1 amide bonds. The number of amides is 1. The summed E-state index contributed by atoms with van der Waals surface area (Å²) in [5.74, 6) is -0.127. The van der Waals surface area contributed by atoms with Crippen molar-refractivity contribution in [1.82, 2.24) is 14.8 Å². The second-order valence-electron chi connectivity index (χ2n) is 6.18. The molecule has 3 rings (SSSR count). The van der Waals surface area contributed by atoms with Crippen LogP contribution in [0.2, 0.25) is 0 Å². The van der Waals surface area contributed by atoms with Crippen LogP contribution in [0.25, 0.3) is 11.0 Å². The first-order valence-electron chi connectivity index (χ1n) is 8.14. The summed E-state index contributed by atoms with van der Waals surface area (Å²) >= 11 is 0. The largest absolute Gasteiger partial charge is 0.322 e. The summed E-state index contributed by atoms with van der Waals surface area (Å²) in [5.41, 5.74) is 6.01. The SMILES string of the molecule is CCn1nc(C)c2c(C(=O)Nc3cc(C)ccc3C)cc(C)nc21. The Kier molecular flexibility index (Phi) is 4.09. The highest BCUT2D eigenvalue weighted by molar-refractivity contribution is 6.12. The highest BCUT2D eigenvalue weighted by Gasteiger charge is 2.18. The van der Waals surface area contributed by atoms with Crippen LogP contribution in [0.3, 0.4) is 0 Å². The third-order valence-electron chi connectivity index (χ3n) is 4.19. The topological polar surface area (TPSA) is 59.8 Å². The molecule has 0 aliphatic heterocycles. The number of rotatable bonds is 3. The van der Waals surface area contributed by atoms with Crippen LogP contribution in [-0.4, -0.2) is 20.7 Å². The summed E-state index contributed by atoms with van der Waals surface area (Å²) < 4.78 is 1.84. The van der Waals surface area contributed by atoms with E-state index in [0.29, 0.717) is 5.56 Å². The maximum Gasteiger partial charge on any atom is 0.256 e. The van der Waals surface area contributed by atoms with Gasteiger partial charge < -0.3 is 5.32 Å². The van der Waals surface area contributed by atoms with E-state index in [0.717, 1.165) is 45.8 Å². The molecule has 0 spiro atoms. The number of carbonyl (C=O) groups is 1. The molecule has 0 aliphatic rings. The van der Waals surface area contributed by atoms with Gasteiger partial charge in [0.2, 0.25) is 0 Å². The lowest BCUT2D eigenvalue weighted by Gasteiger charge is -2.11. The van der Waals surface area contributed by atoms with Gasteiger partial charge in [0.15, 0.2) is 5.65 Å². The Morgan fingerprint density at radius 3 is 2.62 bits per heavy atom. The van der Waals surface area contributed by atoms with Crippen molar-refractivity contribution in [3.05, 3.63) is 52.3 Å². The summed E-state index contributed by atoms with van der Waals surface area (Å²) in [6, 6.07) is 7.87. The fourth-order valence-corrected chi connectivity index (χ4v) is 2.94. The van der Waals surface area contributed by atoms with E-state index >= 15 is 0 Å². The van der Waals surface area contributed by atoms with Crippen LogP contribution < -0.4 is 5.32 Å². The number of carbonyl (C=O) groups excluding carboxylic acids is 1. The minimum Gasteiger partial charge on any atom is -0.322 e. The van der Waals surface area contributed by atoms with Gasteiger partial charge in [0.05, 0.1) is 16.6 Å². The van der Waals surface area contributed by atoms with E-state index in [2.05, 4.69) is 15.4 Å². The van der Waals surface area contributed by atoms with Crippen LogP contribution >= 0.6 is 0 Å². The van der Waals surface area contributed by atoms with Crippen LogP contribution in [0.5, 0.6) is 0 Å². The second-order valence-corrected chi connectivity index (χ2v) is 6.18. The Balaban J connectivity index is 2.10. The molecule has 0 saturated carbocycles. The lowest BCUT2D eigenvalue weighted by atomic mass is 10.1. The van der Waals surface area contributed by atoms with E-state index in [4.69, 9.17) is 0 Å². The van der Waals surface area contributed by atoms with Crippen molar-refractivity contribution in [2.24, 2.45) is 0 Å². The predicted molar refractivity (Wildman–Crippen MR) is 96.5 cm³/mol. The molecule has 1 N–H and O–H groups in total. The van der Waals surface area contributed by atoms with E-state index in [1.54, 1.807) is 0 Å². The molecule has 5 nitrogen and oxygen atoms in total. The average molecular weight is 322 g/mol. The molecule has 124 valence electrons. The number of nitrogens with zero attached hydrogens (tertiary/aromatic N) is 3. The van der Waals surface area contributed by atoms with Gasteiger partial charge in [0, 0.05) is 17.9 Å². The van der Waals surface area contributed by atoms with Crippen LogP contribution in [0.1, 0.15) is 39.8 Å². The quantitative estimate of drug-likeness (QED) is 0.794. The minimum absolute atomic E-state index is 0.127. The zero-order valence-electron chi connectivity index (χ0n) is 14.8. The number of pyridine rings is 1. The van der Waals surface area contributed by atoms with Crippen LogP contribution in [0.15, 0.2) is 24.3 Å². The van der Waals surface area contributed by atoms with Crippen molar-refractivity contribution in [3.8, 4) is 0 Å². The van der Waals surface area contributed by atoms with Gasteiger partial charge in [-0.3, -0.25) is 4.79 Å². The first-order valence-corrected chi connectivity index (χ1v) is 8.14. The molecule has 0 atom stereocenters. The van der Waals surface area contributed by atoms with Gasteiger partial charge >= 0.3 is 0 Å². The number of anilines is 1. The van der Waals surface area contributed by atoms with E-state index < -0.39 is 0 Å². The minimum atomic E-state index is -0.127. The monoisotopic (exact) mass is 322 g/mol. The van der Waals surface area contributed by atoms with Crippen molar-refractivity contribution in [1.29, 1.82) is 0 Å². The zero-order chi connectivity index (χ0) is 17.4. The number of hydrogen-bond donors (Lipinski definition) is 1. The normalized spacial score (nSPS) is 11.0. The standard InChI is InChI=1S/C19H22N4O/c1-6-23-18-17(14(5)22-23)15(10-13(4)20-18)19(24)21-16-9-11(2)7-8-12(16)3/h7-10H,6H2,1-5H3,(H,21,24). The number of benzene rings is 1. The number of hydrogen-bond acceptors (Lipinski definition) is 3. The van der Waals surface area contributed by atoms with E-state index in [9.17, 15) is 4.79 Å². The smallest absolute Gasteiger partial charge is 0.256 e. The summed E-state index contributed by atoms with van der Waals surface area (Å²) in [7, 11) is 0. The van der Waals surface area contributed by atoms with Crippen molar-refractivity contribution in [3.63, 3.8) is 0 Å². The van der Waals surface area contributed by atoms with E-state index in [1.807, 2.05) is 63.6 Å². The van der Waals surface area contributed by atoms with Crippen molar-refractivity contribution < 1.29 is 4.79 Å². The van der Waals surface area contributed by atoms with Crippen molar-refractivity contribution in [2.75, 3.05) is 5.32 Å². The average Bonchev–Trinajstić information content (AvgIpc) is 2.86. The Hall–Kier alpha value is -2.69. The van der Waals surface area contributed by atoms with Crippen LogP contribution in [-0.2, 0) is 6.54 Å². The van der Waals surface area contributed by atoms with Gasteiger partial charge in [0.1, 0.15) is 0 Å². The molecular weight excluding hydrogens is 300 g/mol. The molecule has 0 radical (unpaired) electrons. The number of fused-ring (bicyclic) bond motifs is 1. The Morgan fingerprint density at radius 2 is 1.92 bits per heavy atom. The molecule has 5 heteroatoms. The van der Waals surface area contributed by atoms with Gasteiger partial charge in [-0.15, -0.1) is 0 Å². The van der Waals surface area contributed by atoms with Gasteiger partial charge in [-0.1, -0.05) is 12.1 Å². The van der Waals surface area contributed by atoms with Crippen LogP contribution in [0, 0.1) is 27.7 Å². The number of aryl methyl sites for hydroxylation is 5. The lowest BCUT2D eigenvalue weighted by molar-refractivity contribution is 0.102. The maximum atomic E-state index is 12.9. The van der Waals surface area contributed by atoms with Gasteiger partial charge in [-0.2, -0.15) is 5.10 Å². The molecule has 0 aliphatic carbocycles. The third kappa shape index (κ3) is 2.77. The third-order valence-corrected chi connectivity index (χ3v) is 4.19. The molecule has 0 unspecified atom stereocenters. The maximum absolute atomic E-state index is 12.9. The van der Waals surface area contributed by atoms with Gasteiger partial charge in [0.25, 0.3) is 5.91 Å². The molecule has 3 aromatic rings. The summed E-state index contributed by atoms with van der Waals surface area (Å²) in [6.07, 6.45) is 0. The highest BCUT2D eigenvalue weighted by Crippen LogP contribution is 2.24. The summed E-state index contributed by atoms with van der Waals surface area (Å²) in [6.45, 7) is 10.6. The summed E-state index contributed by atoms with van der Waals surface area (Å²) in [4.78, 5) is 17.5. The number of nitrogens with one attached hydrogen (secondary N) is 1. The molecule has 0 fully saturated rings. The number of aromatic nitrogens is 3. The Bertz CT molecular complexity index is 940. The Labute approximate surface area is 141 Å². The van der Waals surface area contributed by atoms with Crippen molar-refractivity contribution >= 4 is 22.6 Å². The lowest BCUT2D eigenvalue weighted by Crippen LogP contribution is -2.14. The molecule has 24 heavy (non-hydrogen) atoms. The summed E-state index contributed by atoms with van der Waals surface area (Å²) in [5, 5.41) is 8.37. The Morgan fingerprint density at radius 1 is 1.17 bits per heavy atom. The van der Waals surface area contributed by atoms with E-state index in [-0.39, 0.29) is 5.91 Å². The molecule has 2 aromatic heterocycles. The van der Waals surface area contributed by atoms with Crippen molar-refractivity contribution in [2.45, 2.75) is 41.2 Å². The second kappa shape index (κ2) is 6.07. The first-order chi connectivity index (χ1) is 11.4. The fraction of sp³-hybridized carbons (Fsp3) is 0.316.